The van der Waals surface area contributed by atoms with Gasteiger partial charge in [-0.1, -0.05) is 54.6 Å². The first-order valence-electron chi connectivity index (χ1n) is 19.5. The fraction of sp³-hybridized carbons (Fsp3) is 0.125. The summed E-state index contributed by atoms with van der Waals surface area (Å²) >= 11 is 0. The SMILES string of the molecule is Cc1cccc(C)c1[PH+](c1c(C)cccc1C)c1c(C)cccc1C.Fc1cc(F)c([B-](c2c(F)cc(F)c(F)c2F)(c2c(F)cc(F)c(F)c2F)c2c(F)cc(F)c(F)c2F)c(F)c1F. The van der Waals surface area contributed by atoms with Gasteiger partial charge in [-0.2, -0.15) is 0 Å². The van der Waals surface area contributed by atoms with Crippen molar-refractivity contribution in [1.82, 2.24) is 0 Å². The average molecular weight is 955 g/mol. The molecule has 0 bridgehead atoms. The highest BCUT2D eigenvalue weighted by molar-refractivity contribution is 7.80. The van der Waals surface area contributed by atoms with Crippen LogP contribution in [0.2, 0.25) is 0 Å². The first kappa shape index (κ1) is 49.4. The number of hydrogen-bond acceptors (Lipinski definition) is 0. The summed E-state index contributed by atoms with van der Waals surface area (Å²) in [5.74, 6) is -45.1. The van der Waals surface area contributed by atoms with Gasteiger partial charge in [0.25, 0.3) is 0 Å². The molecule has 0 saturated carbocycles. The minimum Gasteiger partial charge on any atom is -0.210 e. The molecular weight excluding hydrogens is 922 g/mol. The van der Waals surface area contributed by atoms with Gasteiger partial charge in [0.05, 0.1) is 23.3 Å². The van der Waals surface area contributed by atoms with Crippen LogP contribution < -0.4 is 37.8 Å². The van der Waals surface area contributed by atoms with Gasteiger partial charge in [0.2, 0.25) is 0 Å². The smallest absolute Gasteiger partial charge is 0.191 e. The summed E-state index contributed by atoms with van der Waals surface area (Å²) in [5.41, 5.74) is -2.45. The summed E-state index contributed by atoms with van der Waals surface area (Å²) in [6.45, 7) is 13.6. The molecule has 66 heavy (non-hydrogen) atoms. The van der Waals surface area contributed by atoms with E-state index in [0.29, 0.717) is 0 Å². The third-order valence-corrected chi connectivity index (χ3v) is 15.4. The zero-order valence-corrected chi connectivity index (χ0v) is 36.1. The number of rotatable bonds is 7. The maximum Gasteiger partial charge on any atom is 0.191 e. The van der Waals surface area contributed by atoms with E-state index in [2.05, 4.69) is 96.1 Å². The number of halogens is 16. The van der Waals surface area contributed by atoms with E-state index in [9.17, 15) is 35.1 Å². The lowest BCUT2D eigenvalue weighted by molar-refractivity contribution is 0.434. The predicted octanol–water partition coefficient (Wildman–Crippen LogP) is 10.3. The van der Waals surface area contributed by atoms with Gasteiger partial charge in [0, 0.05) is 24.3 Å². The second-order valence-electron chi connectivity index (χ2n) is 15.6. The van der Waals surface area contributed by atoms with E-state index < -0.39 is 153 Å². The van der Waals surface area contributed by atoms with Crippen molar-refractivity contribution in [3.05, 3.63) is 205 Å². The minimum absolute atomic E-state index is 0.731. The Morgan fingerprint density at radius 2 is 0.455 bits per heavy atom. The molecule has 0 N–H and O–H groups in total. The maximum absolute atomic E-state index is 15.3. The normalized spacial score (nSPS) is 11.6. The van der Waals surface area contributed by atoms with Crippen LogP contribution in [0, 0.1) is 135 Å². The average Bonchev–Trinajstić information content (AvgIpc) is 3.23. The summed E-state index contributed by atoms with van der Waals surface area (Å²) < 4.78 is 235. The predicted molar refractivity (Wildman–Crippen MR) is 224 cm³/mol. The molecule has 18 heteroatoms. The summed E-state index contributed by atoms with van der Waals surface area (Å²) in [6.07, 6.45) is -6.18. The number of benzene rings is 7. The topological polar surface area (TPSA) is 0 Å². The van der Waals surface area contributed by atoms with Crippen LogP contribution in [-0.2, 0) is 0 Å². The Labute approximate surface area is 368 Å². The summed E-state index contributed by atoms with van der Waals surface area (Å²) in [6, 6.07) is 17.3. The van der Waals surface area contributed by atoms with Crippen LogP contribution in [0.3, 0.4) is 0 Å². The van der Waals surface area contributed by atoms with Crippen LogP contribution in [0.5, 0.6) is 0 Å². The monoisotopic (exact) mass is 954 g/mol. The van der Waals surface area contributed by atoms with Gasteiger partial charge in [0.15, 0.2) is 46.5 Å². The molecule has 0 saturated heterocycles. The third-order valence-electron chi connectivity index (χ3n) is 11.5. The zero-order chi connectivity index (χ0) is 49.0. The highest BCUT2D eigenvalue weighted by Gasteiger charge is 2.49. The van der Waals surface area contributed by atoms with Crippen LogP contribution in [0.15, 0.2) is 78.9 Å². The summed E-state index contributed by atoms with van der Waals surface area (Å²) in [7, 11) is -1.06. The van der Waals surface area contributed by atoms with E-state index in [1.54, 1.807) is 15.9 Å². The molecule has 7 aromatic carbocycles. The van der Waals surface area contributed by atoms with Crippen molar-refractivity contribution in [1.29, 1.82) is 0 Å². The number of hydrogen-bond donors (Lipinski definition) is 0. The van der Waals surface area contributed by atoms with E-state index in [1.807, 2.05) is 0 Å². The molecular formula is C48H32BF16P. The molecule has 0 aromatic heterocycles. The fourth-order valence-corrected chi connectivity index (χ4v) is 12.4. The quantitative estimate of drug-likeness (QED) is 0.0491. The molecule has 0 aliphatic rings. The van der Waals surface area contributed by atoms with E-state index in [0.717, 1.165) is 0 Å². The van der Waals surface area contributed by atoms with Gasteiger partial charge >= 0.3 is 0 Å². The van der Waals surface area contributed by atoms with Crippen molar-refractivity contribution in [2.75, 3.05) is 0 Å². The van der Waals surface area contributed by atoms with Crippen LogP contribution in [-0.4, -0.2) is 6.15 Å². The first-order chi connectivity index (χ1) is 30.9. The second-order valence-corrected chi connectivity index (χ2v) is 17.8. The molecule has 0 fully saturated rings. The lowest BCUT2D eigenvalue weighted by Crippen LogP contribution is -2.80. The molecule has 0 nitrogen and oxygen atoms in total. The van der Waals surface area contributed by atoms with Crippen molar-refractivity contribution in [2.24, 2.45) is 0 Å². The Morgan fingerprint density at radius 3 is 0.636 bits per heavy atom. The largest absolute Gasteiger partial charge is 0.210 e. The van der Waals surface area contributed by atoms with Crippen LogP contribution in [0.4, 0.5) is 70.2 Å². The van der Waals surface area contributed by atoms with E-state index in [-0.39, 0.29) is 0 Å². The third kappa shape index (κ3) is 8.13. The van der Waals surface area contributed by atoms with Crippen molar-refractivity contribution < 1.29 is 70.2 Å². The van der Waals surface area contributed by atoms with E-state index in [1.165, 1.54) is 33.4 Å². The molecule has 0 aliphatic heterocycles. The van der Waals surface area contributed by atoms with E-state index >= 15 is 35.1 Å². The van der Waals surface area contributed by atoms with Crippen molar-refractivity contribution in [3.63, 3.8) is 0 Å². The molecule has 0 aliphatic carbocycles. The second kappa shape index (κ2) is 18.7. The molecule has 7 rings (SSSR count). The van der Waals surface area contributed by atoms with Crippen molar-refractivity contribution in [2.45, 2.75) is 41.5 Å². The Bertz CT molecular complexity index is 2650. The highest BCUT2D eigenvalue weighted by Crippen LogP contribution is 2.40. The summed E-state index contributed by atoms with van der Waals surface area (Å²) in [4.78, 5) is 0. The maximum atomic E-state index is 15.3. The molecule has 7 aromatic rings. The van der Waals surface area contributed by atoms with Crippen LogP contribution in [0.25, 0.3) is 0 Å². The molecule has 0 amide bonds. The highest BCUT2D eigenvalue weighted by atomic mass is 31.1. The lowest BCUT2D eigenvalue weighted by Gasteiger charge is -2.44. The van der Waals surface area contributed by atoms with Gasteiger partial charge in [-0.15, -0.1) is 21.9 Å². The Kier molecular flexibility index (Phi) is 14.0. The van der Waals surface area contributed by atoms with Gasteiger partial charge in [0.1, 0.15) is 53.3 Å². The van der Waals surface area contributed by atoms with Gasteiger partial charge in [-0.25, -0.2) is 70.2 Å². The first-order valence-corrected chi connectivity index (χ1v) is 21.0. The van der Waals surface area contributed by atoms with Gasteiger partial charge in [-0.3, -0.25) is 0 Å². The van der Waals surface area contributed by atoms with Crippen LogP contribution >= 0.6 is 7.92 Å². The van der Waals surface area contributed by atoms with Gasteiger partial charge < -0.3 is 0 Å². The molecule has 0 spiro atoms. The van der Waals surface area contributed by atoms with Gasteiger partial charge in [-0.05, 0) is 74.9 Å². The zero-order valence-electron chi connectivity index (χ0n) is 35.1. The molecule has 0 unspecified atom stereocenters. The lowest BCUT2D eigenvalue weighted by atomic mass is 9.12. The molecule has 0 radical (unpaired) electrons. The Hall–Kier alpha value is -6.09. The Morgan fingerprint density at radius 1 is 0.273 bits per heavy atom. The Balaban J connectivity index is 0.000000245. The van der Waals surface area contributed by atoms with Crippen molar-refractivity contribution >= 4 is 51.8 Å². The number of aryl methyl sites for hydroxylation is 6. The van der Waals surface area contributed by atoms with Crippen LogP contribution in [0.1, 0.15) is 33.4 Å². The molecule has 344 valence electrons. The van der Waals surface area contributed by atoms with Crippen molar-refractivity contribution in [3.8, 4) is 0 Å². The standard InChI is InChI=1S/C24H4BF16.C24H27P/c26-5-1-9(30)17(34)21(38)13(5)25(14-6(27)2-10(31)18(35)22(14)39,15-7(28)3-11(32)19(36)23(15)40)16-8(29)4-12(33)20(37)24(16)41;1-16-10-7-11-17(2)22(16)25(23-18(3)12-8-13-19(23)4)24-20(5)14-9-15-21(24)6/h1-4H;7-15H,1-6H3/q-1;/p+1. The van der Waals surface area contributed by atoms with E-state index in [4.69, 9.17) is 0 Å². The summed E-state index contributed by atoms with van der Waals surface area (Å²) in [5, 5.41) is 4.67. The molecule has 0 heterocycles. The minimum atomic E-state index is -6.18. The fourth-order valence-electron chi connectivity index (χ4n) is 8.78. The molecule has 0 atom stereocenters.